The topological polar surface area (TPSA) is 89.1 Å². The summed E-state index contributed by atoms with van der Waals surface area (Å²) in [4.78, 5) is 23.1. The molecule has 0 radical (unpaired) electrons. The molecule has 0 aliphatic heterocycles. The molecule has 19 heavy (non-hydrogen) atoms. The molecular weight excluding hydrogens is 242 g/mol. The van der Waals surface area contributed by atoms with Gasteiger partial charge in [0.2, 0.25) is 5.95 Å². The molecule has 6 nitrogen and oxygen atoms in total. The van der Waals surface area contributed by atoms with Crippen molar-refractivity contribution in [2.75, 3.05) is 5.73 Å². The van der Waals surface area contributed by atoms with Gasteiger partial charge in [0.25, 0.3) is 0 Å². The van der Waals surface area contributed by atoms with Crippen LogP contribution in [0.1, 0.15) is 11.3 Å². The highest BCUT2D eigenvalue weighted by Crippen LogP contribution is 2.20. The number of nitrogens with zero attached hydrogens (tertiary/aromatic N) is 3. The minimum atomic E-state index is -0.334. The molecule has 0 fully saturated rings. The van der Waals surface area contributed by atoms with Crippen LogP contribution in [0.3, 0.4) is 0 Å². The number of rotatable bonds is 1. The van der Waals surface area contributed by atoms with E-state index in [0.29, 0.717) is 17.2 Å². The summed E-state index contributed by atoms with van der Waals surface area (Å²) in [6, 6.07) is 7.81. The van der Waals surface area contributed by atoms with E-state index in [1.165, 1.54) is 4.40 Å². The molecule has 6 heteroatoms. The van der Waals surface area contributed by atoms with E-state index in [2.05, 4.69) is 15.0 Å². The molecule has 0 saturated heterocycles. The van der Waals surface area contributed by atoms with Crippen molar-refractivity contribution < 1.29 is 0 Å². The molecule has 0 amide bonds. The predicted molar refractivity (Wildman–Crippen MR) is 72.9 cm³/mol. The van der Waals surface area contributed by atoms with Crippen molar-refractivity contribution in [2.24, 2.45) is 0 Å². The molecule has 0 bridgehead atoms. The zero-order chi connectivity index (χ0) is 13.6. The van der Waals surface area contributed by atoms with Crippen LogP contribution in [0, 0.1) is 13.8 Å². The molecule has 1 aromatic carbocycles. The molecule has 3 aromatic rings. The molecule has 0 spiro atoms. The lowest BCUT2D eigenvalue weighted by Gasteiger charge is -2.01. The number of hydrogen-bond acceptors (Lipinski definition) is 4. The van der Waals surface area contributed by atoms with E-state index in [9.17, 15) is 4.79 Å². The normalized spacial score (nSPS) is 11.1. The average Bonchev–Trinajstić information content (AvgIpc) is 2.67. The lowest BCUT2D eigenvalue weighted by molar-refractivity contribution is 0.964. The third-order valence-corrected chi connectivity index (χ3v) is 2.96. The average molecular weight is 255 g/mol. The number of aromatic nitrogens is 4. The summed E-state index contributed by atoms with van der Waals surface area (Å²) >= 11 is 0. The van der Waals surface area contributed by atoms with Crippen LogP contribution in [0.5, 0.6) is 0 Å². The van der Waals surface area contributed by atoms with Gasteiger partial charge in [-0.05, 0) is 19.9 Å². The highest BCUT2D eigenvalue weighted by Gasteiger charge is 2.14. The monoisotopic (exact) mass is 255 g/mol. The molecular formula is C13H13N5O. The van der Waals surface area contributed by atoms with Crippen molar-refractivity contribution in [3.8, 4) is 11.4 Å². The van der Waals surface area contributed by atoms with Gasteiger partial charge in [0.15, 0.2) is 5.65 Å². The highest BCUT2D eigenvalue weighted by atomic mass is 16.1. The van der Waals surface area contributed by atoms with Gasteiger partial charge in [-0.3, -0.25) is 4.98 Å². The SMILES string of the molecule is Cc1cccc(-c2nc(C)c3nc(N)[nH]c(=O)n23)c1. The first kappa shape index (κ1) is 11.5. The van der Waals surface area contributed by atoms with Crippen LogP contribution in [-0.4, -0.2) is 19.4 Å². The number of nitrogens with one attached hydrogen (secondary N) is 1. The summed E-state index contributed by atoms with van der Waals surface area (Å²) in [5, 5.41) is 0. The summed E-state index contributed by atoms with van der Waals surface area (Å²) in [5.41, 5.74) is 8.36. The van der Waals surface area contributed by atoms with E-state index in [-0.39, 0.29) is 11.6 Å². The number of imidazole rings is 1. The van der Waals surface area contributed by atoms with Gasteiger partial charge >= 0.3 is 5.69 Å². The Morgan fingerprint density at radius 2 is 2.05 bits per heavy atom. The van der Waals surface area contributed by atoms with Gasteiger partial charge in [-0.2, -0.15) is 4.98 Å². The second-order valence-electron chi connectivity index (χ2n) is 4.48. The Morgan fingerprint density at radius 3 is 2.79 bits per heavy atom. The highest BCUT2D eigenvalue weighted by molar-refractivity contribution is 5.63. The number of anilines is 1. The third-order valence-electron chi connectivity index (χ3n) is 2.96. The first-order valence-corrected chi connectivity index (χ1v) is 5.88. The van der Waals surface area contributed by atoms with Crippen molar-refractivity contribution in [3.05, 3.63) is 46.0 Å². The molecule has 0 atom stereocenters. The van der Waals surface area contributed by atoms with Gasteiger partial charge in [0.1, 0.15) is 5.82 Å². The summed E-state index contributed by atoms with van der Waals surface area (Å²) in [6.45, 7) is 3.80. The van der Waals surface area contributed by atoms with E-state index in [1.807, 2.05) is 31.2 Å². The minimum Gasteiger partial charge on any atom is -0.369 e. The summed E-state index contributed by atoms with van der Waals surface area (Å²) in [5.74, 6) is 0.668. The number of aromatic amines is 1. The lowest BCUT2D eigenvalue weighted by atomic mass is 10.1. The number of hydrogen-bond donors (Lipinski definition) is 2. The van der Waals surface area contributed by atoms with Crippen LogP contribution < -0.4 is 11.4 Å². The van der Waals surface area contributed by atoms with Crippen molar-refractivity contribution in [1.29, 1.82) is 0 Å². The van der Waals surface area contributed by atoms with Crippen LogP contribution in [0.4, 0.5) is 5.95 Å². The minimum absolute atomic E-state index is 0.0938. The van der Waals surface area contributed by atoms with Gasteiger partial charge in [-0.15, -0.1) is 0 Å². The molecule has 96 valence electrons. The van der Waals surface area contributed by atoms with Crippen molar-refractivity contribution >= 4 is 11.6 Å². The van der Waals surface area contributed by atoms with E-state index in [4.69, 9.17) is 5.73 Å². The van der Waals surface area contributed by atoms with Gasteiger partial charge < -0.3 is 5.73 Å². The number of fused-ring (bicyclic) bond motifs is 1. The van der Waals surface area contributed by atoms with Crippen LogP contribution in [0.2, 0.25) is 0 Å². The molecule has 2 heterocycles. The van der Waals surface area contributed by atoms with Crippen molar-refractivity contribution in [2.45, 2.75) is 13.8 Å². The first-order chi connectivity index (χ1) is 9.06. The molecule has 0 unspecified atom stereocenters. The fraction of sp³-hybridized carbons (Fsp3) is 0.154. The smallest absolute Gasteiger partial charge is 0.335 e. The predicted octanol–water partition coefficient (Wildman–Crippen LogP) is 1.28. The van der Waals surface area contributed by atoms with Gasteiger partial charge in [-0.1, -0.05) is 23.8 Å². The molecule has 0 aliphatic carbocycles. The maximum absolute atomic E-state index is 12.0. The Balaban J connectivity index is 2.40. The number of nitrogens with two attached hydrogens (primary N) is 1. The number of nitrogen functional groups attached to an aromatic ring is 1. The maximum Gasteiger partial charge on any atom is 0.335 e. The first-order valence-electron chi connectivity index (χ1n) is 5.88. The zero-order valence-electron chi connectivity index (χ0n) is 10.6. The Bertz CT molecular complexity index is 831. The Morgan fingerprint density at radius 1 is 1.26 bits per heavy atom. The van der Waals surface area contributed by atoms with Gasteiger partial charge in [-0.25, -0.2) is 14.2 Å². The van der Waals surface area contributed by atoms with Crippen molar-refractivity contribution in [3.63, 3.8) is 0 Å². The van der Waals surface area contributed by atoms with E-state index < -0.39 is 0 Å². The number of aryl methyl sites for hydroxylation is 2. The molecule has 2 aromatic heterocycles. The second-order valence-corrected chi connectivity index (χ2v) is 4.48. The zero-order valence-corrected chi connectivity index (χ0v) is 10.6. The summed E-state index contributed by atoms with van der Waals surface area (Å²) in [7, 11) is 0. The number of H-pyrrole nitrogens is 1. The Kier molecular flexibility index (Phi) is 2.38. The van der Waals surface area contributed by atoms with Gasteiger partial charge in [0.05, 0.1) is 5.69 Å². The lowest BCUT2D eigenvalue weighted by Crippen LogP contribution is -2.20. The van der Waals surface area contributed by atoms with Gasteiger partial charge in [0, 0.05) is 5.56 Å². The Labute approximate surface area is 108 Å². The standard InChI is InChI=1S/C13H13N5O/c1-7-4-3-5-9(6-7)11-15-8(2)10-16-12(14)17-13(19)18(10)11/h3-6H,1-2H3,(H3,14,16,17,19). The summed E-state index contributed by atoms with van der Waals surface area (Å²) < 4.78 is 1.44. The van der Waals surface area contributed by atoms with E-state index in [0.717, 1.165) is 11.1 Å². The fourth-order valence-corrected chi connectivity index (χ4v) is 2.13. The summed E-state index contributed by atoms with van der Waals surface area (Å²) in [6.07, 6.45) is 0. The number of benzene rings is 1. The van der Waals surface area contributed by atoms with E-state index in [1.54, 1.807) is 6.92 Å². The quantitative estimate of drug-likeness (QED) is 0.685. The molecule has 3 N–H and O–H groups in total. The van der Waals surface area contributed by atoms with Crippen molar-refractivity contribution in [1.82, 2.24) is 19.4 Å². The fourth-order valence-electron chi connectivity index (χ4n) is 2.13. The van der Waals surface area contributed by atoms with E-state index >= 15 is 0 Å². The molecule has 0 saturated carbocycles. The molecule has 0 aliphatic rings. The Hall–Kier alpha value is -2.63. The largest absolute Gasteiger partial charge is 0.369 e. The van der Waals surface area contributed by atoms with Crippen LogP contribution >= 0.6 is 0 Å². The van der Waals surface area contributed by atoms with Crippen LogP contribution in [-0.2, 0) is 0 Å². The maximum atomic E-state index is 12.0. The van der Waals surface area contributed by atoms with Crippen LogP contribution in [0.15, 0.2) is 29.1 Å². The molecule has 3 rings (SSSR count). The van der Waals surface area contributed by atoms with Crippen LogP contribution in [0.25, 0.3) is 17.0 Å². The third kappa shape index (κ3) is 1.77. The second kappa shape index (κ2) is 3.94.